The van der Waals surface area contributed by atoms with Gasteiger partial charge in [-0.15, -0.1) is 13.2 Å². The maximum atomic E-state index is 13.4. The lowest BCUT2D eigenvalue weighted by Gasteiger charge is -2.54. The fraction of sp³-hybridized carbons (Fsp3) is 0.567. The minimum atomic E-state index is -4.79. The third-order valence-corrected chi connectivity index (χ3v) is 8.65. The molecule has 2 aromatic carbocycles. The zero-order chi connectivity index (χ0) is 28.2. The normalized spacial score (nSPS) is 30.9. The van der Waals surface area contributed by atoms with E-state index in [9.17, 15) is 18.0 Å². The molecule has 3 heterocycles. The van der Waals surface area contributed by atoms with Crippen LogP contribution < -0.4 is 9.47 Å². The molecule has 1 spiro atoms. The summed E-state index contributed by atoms with van der Waals surface area (Å²) in [7, 11) is 3.56. The Hall–Kier alpha value is -2.78. The van der Waals surface area contributed by atoms with Crippen molar-refractivity contribution in [1.29, 1.82) is 0 Å². The van der Waals surface area contributed by atoms with Crippen molar-refractivity contribution in [2.24, 2.45) is 5.92 Å². The molecule has 0 N–H and O–H groups in total. The van der Waals surface area contributed by atoms with Gasteiger partial charge in [0.2, 0.25) is 0 Å². The number of hydrogen-bond acceptors (Lipinski definition) is 6. The highest BCUT2D eigenvalue weighted by Crippen LogP contribution is 2.63. The van der Waals surface area contributed by atoms with Crippen molar-refractivity contribution in [3.63, 3.8) is 0 Å². The Bertz CT molecular complexity index is 1210. The summed E-state index contributed by atoms with van der Waals surface area (Å²) in [6.07, 6.45) is -2.23. The lowest BCUT2D eigenvalue weighted by atomic mass is 9.66. The number of hydrogen-bond donors (Lipinski definition) is 0. The van der Waals surface area contributed by atoms with Gasteiger partial charge in [0, 0.05) is 17.5 Å². The molecule has 0 aliphatic carbocycles. The molecular weight excluding hydrogens is 511 g/mol. The Kier molecular flexibility index (Phi) is 6.91. The van der Waals surface area contributed by atoms with E-state index in [0.29, 0.717) is 37.2 Å². The van der Waals surface area contributed by atoms with Crippen LogP contribution in [0.5, 0.6) is 11.5 Å². The van der Waals surface area contributed by atoms with Crippen LogP contribution in [0.4, 0.5) is 13.2 Å². The molecule has 39 heavy (non-hydrogen) atoms. The van der Waals surface area contributed by atoms with Gasteiger partial charge in [-0.3, -0.25) is 9.69 Å². The third kappa shape index (κ3) is 4.88. The first-order valence-corrected chi connectivity index (χ1v) is 13.4. The lowest BCUT2D eigenvalue weighted by Crippen LogP contribution is -2.62. The van der Waals surface area contributed by atoms with E-state index in [1.165, 1.54) is 25.3 Å². The molecule has 2 aromatic rings. The Morgan fingerprint density at radius 1 is 1.08 bits per heavy atom. The van der Waals surface area contributed by atoms with Crippen LogP contribution in [-0.2, 0) is 19.8 Å². The molecule has 5 rings (SSSR count). The van der Waals surface area contributed by atoms with Crippen molar-refractivity contribution in [2.45, 2.75) is 81.5 Å². The van der Waals surface area contributed by atoms with Crippen LogP contribution in [0.15, 0.2) is 48.5 Å². The summed E-state index contributed by atoms with van der Waals surface area (Å²) in [5.74, 6) is -0.549. The van der Waals surface area contributed by atoms with E-state index in [1.54, 1.807) is 0 Å². The highest BCUT2D eigenvalue weighted by atomic mass is 19.4. The molecule has 6 nitrogen and oxygen atoms in total. The van der Waals surface area contributed by atoms with Gasteiger partial charge in [0.25, 0.3) is 0 Å². The Morgan fingerprint density at radius 2 is 1.79 bits per heavy atom. The van der Waals surface area contributed by atoms with Crippen LogP contribution in [0.1, 0.15) is 63.5 Å². The molecule has 3 saturated heterocycles. The van der Waals surface area contributed by atoms with Crippen LogP contribution in [0.2, 0.25) is 0 Å². The van der Waals surface area contributed by atoms with Crippen LogP contribution in [0.3, 0.4) is 0 Å². The molecule has 0 amide bonds. The average molecular weight is 548 g/mol. The molecule has 3 fully saturated rings. The molecular formula is C30H36F3NO5. The number of alkyl halides is 3. The summed E-state index contributed by atoms with van der Waals surface area (Å²) in [4.78, 5) is 15.7. The van der Waals surface area contributed by atoms with E-state index >= 15 is 0 Å². The number of halogens is 3. The van der Waals surface area contributed by atoms with Crippen LogP contribution in [0.25, 0.3) is 0 Å². The SMILES string of the molecule is COc1ccc(OC(F)(F)F)cc1C1COC2(CCC3C(C(=O)OC(C)(C)C)CC2(c2ccccc2)N3C)C1. The van der Waals surface area contributed by atoms with Gasteiger partial charge in [-0.2, -0.15) is 0 Å². The van der Waals surface area contributed by atoms with Crippen LogP contribution in [-0.4, -0.2) is 55.2 Å². The number of piperidine rings is 1. The van der Waals surface area contributed by atoms with Gasteiger partial charge < -0.3 is 18.9 Å². The van der Waals surface area contributed by atoms with Crippen molar-refractivity contribution < 1.29 is 36.9 Å². The minimum Gasteiger partial charge on any atom is -0.496 e. The Morgan fingerprint density at radius 3 is 2.44 bits per heavy atom. The van der Waals surface area contributed by atoms with Crippen LogP contribution in [0, 0.1) is 5.92 Å². The minimum absolute atomic E-state index is 0.00798. The summed E-state index contributed by atoms with van der Waals surface area (Å²) in [5, 5.41) is 0. The van der Waals surface area contributed by atoms with Gasteiger partial charge >= 0.3 is 12.3 Å². The molecule has 5 atom stereocenters. The van der Waals surface area contributed by atoms with E-state index in [4.69, 9.17) is 14.2 Å². The van der Waals surface area contributed by atoms with Gasteiger partial charge in [-0.1, -0.05) is 30.3 Å². The first-order chi connectivity index (χ1) is 18.3. The van der Waals surface area contributed by atoms with Crippen molar-refractivity contribution in [2.75, 3.05) is 20.8 Å². The molecule has 0 radical (unpaired) electrons. The number of nitrogens with zero attached hydrogens (tertiary/aromatic N) is 1. The Labute approximate surface area is 227 Å². The molecule has 0 aromatic heterocycles. The van der Waals surface area contributed by atoms with Crippen molar-refractivity contribution in [3.05, 3.63) is 59.7 Å². The monoisotopic (exact) mass is 547 g/mol. The number of benzene rings is 2. The van der Waals surface area contributed by atoms with Gasteiger partial charge in [0.05, 0.1) is 30.8 Å². The fourth-order valence-corrected chi connectivity index (χ4v) is 7.22. The summed E-state index contributed by atoms with van der Waals surface area (Å²) < 4.78 is 61.3. The lowest BCUT2D eigenvalue weighted by molar-refractivity contribution is -0.274. The molecule has 2 bridgehead atoms. The number of carbonyl (C=O) groups is 1. The molecule has 0 saturated carbocycles. The van der Waals surface area contributed by atoms with E-state index < -0.39 is 23.1 Å². The van der Waals surface area contributed by atoms with E-state index in [1.807, 2.05) is 39.0 Å². The molecule has 3 aliphatic rings. The number of methoxy groups -OCH3 is 1. The molecule has 5 unspecified atom stereocenters. The second-order valence-electron chi connectivity index (χ2n) is 11.9. The van der Waals surface area contributed by atoms with Gasteiger partial charge in [0.15, 0.2) is 0 Å². The number of carbonyl (C=O) groups excluding carboxylic acids is 1. The van der Waals surface area contributed by atoms with Crippen molar-refractivity contribution >= 4 is 5.97 Å². The first-order valence-electron chi connectivity index (χ1n) is 13.4. The second-order valence-corrected chi connectivity index (χ2v) is 11.9. The van der Waals surface area contributed by atoms with Gasteiger partial charge in [-0.25, -0.2) is 0 Å². The van der Waals surface area contributed by atoms with E-state index in [-0.39, 0.29) is 29.6 Å². The van der Waals surface area contributed by atoms with Crippen LogP contribution >= 0.6 is 0 Å². The molecule has 212 valence electrons. The average Bonchev–Trinajstić information content (AvgIpc) is 3.36. The zero-order valence-electron chi connectivity index (χ0n) is 23.0. The number of rotatable bonds is 5. The van der Waals surface area contributed by atoms with Crippen molar-refractivity contribution in [1.82, 2.24) is 4.90 Å². The molecule has 9 heteroatoms. The highest BCUT2D eigenvalue weighted by molar-refractivity contribution is 5.75. The smallest absolute Gasteiger partial charge is 0.496 e. The van der Waals surface area contributed by atoms with Crippen molar-refractivity contribution in [3.8, 4) is 11.5 Å². The summed E-state index contributed by atoms with van der Waals surface area (Å²) >= 11 is 0. The number of likely N-dealkylation sites (N-methyl/N-ethyl adjacent to an activating group) is 1. The highest BCUT2D eigenvalue weighted by Gasteiger charge is 2.69. The quantitative estimate of drug-likeness (QED) is 0.417. The van der Waals surface area contributed by atoms with Gasteiger partial charge in [0.1, 0.15) is 17.1 Å². The maximum Gasteiger partial charge on any atom is 0.573 e. The molecule has 3 aliphatic heterocycles. The number of ether oxygens (including phenoxy) is 4. The standard InChI is InChI=1S/C30H36F3NO5/c1-27(2,3)39-26(35)23-17-29(20-9-7-6-8-10-20)28(14-13-24(23)34(29)4)16-19(18-37-28)22-15-21(38-30(31,32)33)11-12-25(22)36-5/h6-12,15,19,23-24H,13-14,16-18H2,1-5H3. The zero-order valence-corrected chi connectivity index (χ0v) is 23.0. The second kappa shape index (κ2) is 9.70. The van der Waals surface area contributed by atoms with E-state index in [0.717, 1.165) is 12.0 Å². The summed E-state index contributed by atoms with van der Waals surface area (Å²) in [6, 6.07) is 14.3. The largest absolute Gasteiger partial charge is 0.573 e. The predicted octanol–water partition coefficient (Wildman–Crippen LogP) is 6.19. The topological polar surface area (TPSA) is 57.2 Å². The van der Waals surface area contributed by atoms with Gasteiger partial charge in [-0.05, 0) is 77.3 Å². The summed E-state index contributed by atoms with van der Waals surface area (Å²) in [6.45, 7) is 5.94. The number of esters is 1. The fourth-order valence-electron chi connectivity index (χ4n) is 7.22. The Balaban J connectivity index is 1.54. The first kappa shape index (κ1) is 27.8. The summed E-state index contributed by atoms with van der Waals surface area (Å²) in [5.41, 5.74) is -0.192. The maximum absolute atomic E-state index is 13.4. The third-order valence-electron chi connectivity index (χ3n) is 8.65. The van der Waals surface area contributed by atoms with E-state index in [2.05, 4.69) is 28.8 Å². The number of fused-ring (bicyclic) bond motifs is 3. The predicted molar refractivity (Wildman–Crippen MR) is 139 cm³/mol.